The Morgan fingerprint density at radius 3 is 2.65 bits per heavy atom. The largest absolute Gasteiger partial charge is 0.496 e. The molecule has 0 spiro atoms. The molecule has 3 rings (SSSR count). The van der Waals surface area contributed by atoms with E-state index >= 15 is 0 Å². The van der Waals surface area contributed by atoms with Gasteiger partial charge in [-0.1, -0.05) is 6.07 Å². The third-order valence-corrected chi connectivity index (χ3v) is 4.17. The summed E-state index contributed by atoms with van der Waals surface area (Å²) in [6, 6.07) is 10.4. The molecule has 158 valence electrons. The molecule has 0 atom stereocenters. The van der Waals surface area contributed by atoms with Crippen molar-refractivity contribution in [3.8, 4) is 5.75 Å². The van der Waals surface area contributed by atoms with Crippen molar-refractivity contribution in [3.63, 3.8) is 0 Å². The zero-order valence-electron chi connectivity index (χ0n) is 16.2. The zero-order chi connectivity index (χ0) is 22.4. The molecule has 12 heteroatoms. The number of rotatable bonds is 8. The third-order valence-electron chi connectivity index (χ3n) is 4.17. The lowest BCUT2D eigenvalue weighted by Crippen LogP contribution is -2.17. The van der Waals surface area contributed by atoms with E-state index < -0.39 is 15.8 Å². The van der Waals surface area contributed by atoms with Gasteiger partial charge < -0.3 is 4.74 Å². The highest BCUT2D eigenvalue weighted by Gasteiger charge is 2.12. The lowest BCUT2D eigenvalue weighted by molar-refractivity contribution is -0.385. The summed E-state index contributed by atoms with van der Waals surface area (Å²) in [7, 11) is 1.50. The molecule has 0 fully saturated rings. The Labute approximate surface area is 175 Å². The number of ether oxygens (including phenoxy) is 1. The highest BCUT2D eigenvalue weighted by atomic mass is 16.6. The Balaban J connectivity index is 1.72. The van der Waals surface area contributed by atoms with Crippen LogP contribution < -0.4 is 10.2 Å². The first-order valence-corrected chi connectivity index (χ1v) is 8.79. The second kappa shape index (κ2) is 9.26. The first-order chi connectivity index (χ1) is 14.9. The van der Waals surface area contributed by atoms with Crippen molar-refractivity contribution in [2.75, 3.05) is 7.11 Å². The van der Waals surface area contributed by atoms with Crippen LogP contribution >= 0.6 is 0 Å². The van der Waals surface area contributed by atoms with E-state index in [-0.39, 0.29) is 23.5 Å². The lowest BCUT2D eigenvalue weighted by atomic mass is 10.1. The molecule has 0 radical (unpaired) electrons. The molecular formula is C19H16N6O6. The normalized spacial score (nSPS) is 10.7. The SMILES string of the molecule is COc1ccc(/C=N/NC(=O)c2cccc([N+](=O)[O-])c2)cc1Cn1cc([N+](=O)[O-])cn1. The van der Waals surface area contributed by atoms with Crippen molar-refractivity contribution in [3.05, 3.63) is 91.8 Å². The smallest absolute Gasteiger partial charge is 0.307 e. The van der Waals surface area contributed by atoms with E-state index in [0.29, 0.717) is 16.9 Å². The van der Waals surface area contributed by atoms with Gasteiger partial charge in [0.05, 0.1) is 29.7 Å². The maximum Gasteiger partial charge on any atom is 0.307 e. The Bertz CT molecular complexity index is 1170. The monoisotopic (exact) mass is 424 g/mol. The number of aromatic nitrogens is 2. The summed E-state index contributed by atoms with van der Waals surface area (Å²) in [5.74, 6) is -0.0477. The molecule has 1 N–H and O–H groups in total. The molecule has 0 aliphatic rings. The van der Waals surface area contributed by atoms with Gasteiger partial charge in [0.2, 0.25) is 0 Å². The number of non-ortho nitro benzene ring substituents is 1. The predicted octanol–water partition coefficient (Wildman–Crippen LogP) is 2.52. The van der Waals surface area contributed by atoms with E-state index in [0.717, 1.165) is 12.3 Å². The fraction of sp³-hybridized carbons (Fsp3) is 0.105. The van der Waals surface area contributed by atoms with Crippen molar-refractivity contribution in [2.24, 2.45) is 5.10 Å². The molecule has 12 nitrogen and oxygen atoms in total. The Morgan fingerprint density at radius 1 is 1.19 bits per heavy atom. The number of benzene rings is 2. The Hall–Kier alpha value is -4.61. The van der Waals surface area contributed by atoms with Crippen molar-refractivity contribution >= 4 is 23.5 Å². The van der Waals surface area contributed by atoms with Gasteiger partial charge in [0.25, 0.3) is 11.6 Å². The van der Waals surface area contributed by atoms with Gasteiger partial charge in [-0.05, 0) is 29.8 Å². The van der Waals surface area contributed by atoms with Gasteiger partial charge in [-0.3, -0.25) is 29.7 Å². The fourth-order valence-electron chi connectivity index (χ4n) is 2.70. The van der Waals surface area contributed by atoms with Gasteiger partial charge in [0, 0.05) is 23.3 Å². The molecule has 2 aromatic carbocycles. The van der Waals surface area contributed by atoms with Crippen LogP contribution in [-0.2, 0) is 6.54 Å². The summed E-state index contributed by atoms with van der Waals surface area (Å²) >= 11 is 0. The Kier molecular flexibility index (Phi) is 6.30. The highest BCUT2D eigenvalue weighted by molar-refractivity contribution is 5.95. The van der Waals surface area contributed by atoms with Crippen molar-refractivity contribution in [1.29, 1.82) is 0 Å². The van der Waals surface area contributed by atoms with Crippen LogP contribution in [0.15, 0.2) is 60.0 Å². The number of hydrazone groups is 1. The first-order valence-electron chi connectivity index (χ1n) is 8.79. The summed E-state index contributed by atoms with van der Waals surface area (Å²) in [4.78, 5) is 32.7. The molecule has 1 heterocycles. The third kappa shape index (κ3) is 5.26. The second-order valence-electron chi connectivity index (χ2n) is 6.23. The predicted molar refractivity (Wildman–Crippen MR) is 109 cm³/mol. The van der Waals surface area contributed by atoms with Crippen molar-refractivity contribution < 1.29 is 19.4 Å². The molecule has 0 saturated carbocycles. The molecular weight excluding hydrogens is 408 g/mol. The number of nitro benzene ring substituents is 1. The van der Waals surface area contributed by atoms with E-state index in [1.165, 1.54) is 42.4 Å². The van der Waals surface area contributed by atoms with Crippen LogP contribution in [0.5, 0.6) is 5.75 Å². The molecule has 0 aliphatic heterocycles. The second-order valence-corrected chi connectivity index (χ2v) is 6.23. The van der Waals surface area contributed by atoms with Crippen LogP contribution in [-0.4, -0.2) is 38.9 Å². The van der Waals surface area contributed by atoms with Crippen LogP contribution in [0.1, 0.15) is 21.5 Å². The fourth-order valence-corrected chi connectivity index (χ4v) is 2.70. The lowest BCUT2D eigenvalue weighted by Gasteiger charge is -2.09. The molecule has 1 amide bonds. The summed E-state index contributed by atoms with van der Waals surface area (Å²) in [6.45, 7) is 0.221. The minimum atomic E-state index is -0.600. The standard InChI is InChI=1S/C19H16N6O6/c1-31-18-6-5-13(7-15(18)11-23-12-17(10-21-23)25(29)30)9-20-22-19(26)14-3-2-4-16(8-14)24(27)28/h2-10,12H,11H2,1H3,(H,22,26)/b20-9+. The van der Waals surface area contributed by atoms with Crippen molar-refractivity contribution in [1.82, 2.24) is 15.2 Å². The molecule has 0 bridgehead atoms. The number of nitro groups is 2. The molecule has 1 aromatic heterocycles. The Morgan fingerprint density at radius 2 is 1.97 bits per heavy atom. The highest BCUT2D eigenvalue weighted by Crippen LogP contribution is 2.21. The number of carbonyl (C=O) groups is 1. The number of hydrogen-bond acceptors (Lipinski definition) is 8. The van der Waals surface area contributed by atoms with Crippen molar-refractivity contribution in [2.45, 2.75) is 6.54 Å². The summed E-state index contributed by atoms with van der Waals surface area (Å²) in [5, 5.41) is 29.5. The van der Waals surface area contributed by atoms with Crippen LogP contribution in [0.2, 0.25) is 0 Å². The average Bonchev–Trinajstić information content (AvgIpc) is 3.23. The molecule has 31 heavy (non-hydrogen) atoms. The van der Waals surface area contributed by atoms with Crippen LogP contribution in [0, 0.1) is 20.2 Å². The van der Waals surface area contributed by atoms with Crippen LogP contribution in [0.25, 0.3) is 0 Å². The summed E-state index contributed by atoms with van der Waals surface area (Å²) < 4.78 is 6.72. The number of hydrogen-bond donors (Lipinski definition) is 1. The molecule has 0 unspecified atom stereocenters. The molecule has 0 saturated heterocycles. The van der Waals surface area contributed by atoms with Crippen LogP contribution in [0.3, 0.4) is 0 Å². The van der Waals surface area contributed by atoms with E-state index in [9.17, 15) is 25.0 Å². The van der Waals surface area contributed by atoms with Gasteiger partial charge in [-0.25, -0.2) is 5.43 Å². The first kappa shape index (κ1) is 21.1. The maximum atomic E-state index is 12.1. The summed E-state index contributed by atoms with van der Waals surface area (Å²) in [5.41, 5.74) is 3.40. The van der Waals surface area contributed by atoms with Gasteiger partial charge in [-0.15, -0.1) is 0 Å². The zero-order valence-corrected chi connectivity index (χ0v) is 16.2. The van der Waals surface area contributed by atoms with Gasteiger partial charge in [0.1, 0.15) is 18.1 Å². The topological polar surface area (TPSA) is 155 Å². The van der Waals surface area contributed by atoms with Crippen LogP contribution in [0.4, 0.5) is 11.4 Å². The van der Waals surface area contributed by atoms with Gasteiger partial charge in [-0.2, -0.15) is 10.2 Å². The van der Waals surface area contributed by atoms with Gasteiger partial charge >= 0.3 is 5.69 Å². The molecule has 3 aromatic rings. The number of nitrogens with one attached hydrogen (secondary N) is 1. The number of methoxy groups -OCH3 is 1. The van der Waals surface area contributed by atoms with E-state index in [1.54, 1.807) is 18.2 Å². The number of amides is 1. The number of carbonyl (C=O) groups excluding carboxylic acids is 1. The molecule has 0 aliphatic carbocycles. The minimum Gasteiger partial charge on any atom is -0.496 e. The number of nitrogens with zero attached hydrogens (tertiary/aromatic N) is 5. The average molecular weight is 424 g/mol. The summed E-state index contributed by atoms with van der Waals surface area (Å²) in [6.07, 6.45) is 3.85. The van der Waals surface area contributed by atoms with E-state index in [2.05, 4.69) is 15.6 Å². The van der Waals surface area contributed by atoms with Gasteiger partial charge in [0.15, 0.2) is 0 Å². The van der Waals surface area contributed by atoms with E-state index in [4.69, 9.17) is 4.74 Å². The van der Waals surface area contributed by atoms with E-state index in [1.807, 2.05) is 0 Å². The quantitative estimate of drug-likeness (QED) is 0.331. The minimum absolute atomic E-state index is 0.0991. The maximum absolute atomic E-state index is 12.1.